The number of aliphatic hydroxyl groups excluding tert-OH is 1. The Hall–Kier alpha value is -0.860. The molecule has 0 radical (unpaired) electrons. The van der Waals surface area contributed by atoms with Gasteiger partial charge in [-0.25, -0.2) is 0 Å². The van der Waals surface area contributed by atoms with Gasteiger partial charge in [0.05, 0.1) is 6.10 Å². The number of aliphatic hydroxyl groups is 1. The van der Waals surface area contributed by atoms with Crippen LogP contribution in [0.3, 0.4) is 0 Å². The normalized spacial score (nSPS) is 21.8. The zero-order chi connectivity index (χ0) is 14.0. The number of β-amino-alcohol motifs (C(OH)–C–C–N with tert-alkyl or cyclic N) is 1. The third kappa shape index (κ3) is 3.18. The summed E-state index contributed by atoms with van der Waals surface area (Å²) in [6.07, 6.45) is 3.40. The maximum Gasteiger partial charge on any atom is 0.0922 e. The van der Waals surface area contributed by atoms with E-state index in [0.29, 0.717) is 6.04 Å². The number of hydrogen-bond acceptors (Lipinski definition) is 2. The van der Waals surface area contributed by atoms with Gasteiger partial charge < -0.3 is 5.11 Å². The molecule has 1 fully saturated rings. The highest BCUT2D eigenvalue weighted by Gasteiger charge is 2.26. The Balaban J connectivity index is 2.14. The topological polar surface area (TPSA) is 23.5 Å². The van der Waals surface area contributed by atoms with Gasteiger partial charge in [-0.15, -0.1) is 0 Å². The molecule has 106 valence electrons. The predicted molar refractivity (Wildman–Crippen MR) is 80.5 cm³/mol. The summed E-state index contributed by atoms with van der Waals surface area (Å²) in [4.78, 5) is 2.46. The van der Waals surface area contributed by atoms with E-state index in [9.17, 15) is 5.11 Å². The molecule has 1 aromatic rings. The molecule has 0 amide bonds. The molecule has 1 heterocycles. The van der Waals surface area contributed by atoms with Crippen molar-refractivity contribution in [2.45, 2.75) is 59.1 Å². The second-order valence-corrected chi connectivity index (χ2v) is 6.03. The lowest BCUT2D eigenvalue weighted by molar-refractivity contribution is 0.104. The first kappa shape index (κ1) is 14.5. The SMILES string of the molecule is CCC1CCCN1CC(O)c1c(C)cc(C)cc1C. The second kappa shape index (κ2) is 6.06. The van der Waals surface area contributed by atoms with Crippen LogP contribution in [0.4, 0.5) is 0 Å². The molecule has 2 unspecified atom stereocenters. The minimum absolute atomic E-state index is 0.354. The Morgan fingerprint density at radius 3 is 2.47 bits per heavy atom. The van der Waals surface area contributed by atoms with Crippen LogP contribution < -0.4 is 0 Å². The van der Waals surface area contributed by atoms with Crippen LogP contribution in [0.5, 0.6) is 0 Å². The molecule has 2 atom stereocenters. The zero-order valence-electron chi connectivity index (χ0n) is 12.7. The molecule has 1 aliphatic rings. The molecule has 19 heavy (non-hydrogen) atoms. The summed E-state index contributed by atoms with van der Waals surface area (Å²) in [5, 5.41) is 10.6. The summed E-state index contributed by atoms with van der Waals surface area (Å²) >= 11 is 0. The quantitative estimate of drug-likeness (QED) is 0.896. The summed E-state index contributed by atoms with van der Waals surface area (Å²) in [5.41, 5.74) is 4.85. The van der Waals surface area contributed by atoms with Crippen LogP contribution in [0.1, 0.15) is 54.5 Å². The fourth-order valence-electron chi connectivity index (χ4n) is 3.63. The van der Waals surface area contributed by atoms with Crippen LogP contribution in [0.25, 0.3) is 0 Å². The monoisotopic (exact) mass is 261 g/mol. The molecule has 2 nitrogen and oxygen atoms in total. The van der Waals surface area contributed by atoms with Gasteiger partial charge >= 0.3 is 0 Å². The average Bonchev–Trinajstić information content (AvgIpc) is 2.74. The van der Waals surface area contributed by atoms with E-state index in [0.717, 1.165) is 18.7 Å². The smallest absolute Gasteiger partial charge is 0.0922 e. The highest BCUT2D eigenvalue weighted by Crippen LogP contribution is 2.27. The molecular weight excluding hydrogens is 234 g/mol. The Bertz CT molecular complexity index is 418. The molecule has 0 aromatic heterocycles. The van der Waals surface area contributed by atoms with Crippen molar-refractivity contribution in [1.29, 1.82) is 0 Å². The van der Waals surface area contributed by atoms with Crippen molar-refractivity contribution in [3.8, 4) is 0 Å². The molecule has 0 saturated carbocycles. The molecule has 0 spiro atoms. The van der Waals surface area contributed by atoms with Crippen LogP contribution in [0.2, 0.25) is 0 Å². The maximum atomic E-state index is 10.6. The Morgan fingerprint density at radius 1 is 1.26 bits per heavy atom. The number of nitrogens with zero attached hydrogens (tertiary/aromatic N) is 1. The minimum atomic E-state index is -0.354. The standard InChI is InChI=1S/C17H27NO/c1-5-15-7-6-8-18(15)11-16(19)17-13(3)9-12(2)10-14(17)4/h9-10,15-16,19H,5-8,11H2,1-4H3. The molecule has 1 saturated heterocycles. The van der Waals surface area contributed by atoms with Crippen LogP contribution in [-0.2, 0) is 0 Å². The summed E-state index contributed by atoms with van der Waals surface area (Å²) in [5.74, 6) is 0. The van der Waals surface area contributed by atoms with Gasteiger partial charge in [-0.05, 0) is 63.3 Å². The predicted octanol–water partition coefficient (Wildman–Crippen LogP) is 3.52. The number of aryl methyl sites for hydroxylation is 3. The highest BCUT2D eigenvalue weighted by molar-refractivity contribution is 5.39. The van der Waals surface area contributed by atoms with Gasteiger partial charge in [0.25, 0.3) is 0 Å². The van der Waals surface area contributed by atoms with E-state index in [1.54, 1.807) is 0 Å². The van der Waals surface area contributed by atoms with Crippen molar-refractivity contribution in [3.05, 3.63) is 34.4 Å². The van der Waals surface area contributed by atoms with E-state index in [1.165, 1.54) is 36.0 Å². The van der Waals surface area contributed by atoms with Crippen LogP contribution >= 0.6 is 0 Å². The van der Waals surface area contributed by atoms with Gasteiger partial charge in [-0.3, -0.25) is 4.90 Å². The molecule has 2 rings (SSSR count). The molecular formula is C17H27NO. The molecule has 0 bridgehead atoms. The van der Waals surface area contributed by atoms with E-state index in [2.05, 4.69) is 44.7 Å². The van der Waals surface area contributed by atoms with Crippen LogP contribution in [0, 0.1) is 20.8 Å². The fourth-order valence-corrected chi connectivity index (χ4v) is 3.63. The van der Waals surface area contributed by atoms with E-state index >= 15 is 0 Å². The van der Waals surface area contributed by atoms with E-state index in [-0.39, 0.29) is 6.10 Å². The molecule has 1 aliphatic heterocycles. The zero-order valence-corrected chi connectivity index (χ0v) is 12.7. The summed E-state index contributed by atoms with van der Waals surface area (Å²) in [7, 11) is 0. The molecule has 1 aromatic carbocycles. The Kier molecular flexibility index (Phi) is 4.64. The lowest BCUT2D eigenvalue weighted by atomic mass is 9.95. The fraction of sp³-hybridized carbons (Fsp3) is 0.647. The largest absolute Gasteiger partial charge is 0.387 e. The van der Waals surface area contributed by atoms with Crippen molar-refractivity contribution < 1.29 is 5.11 Å². The lowest BCUT2D eigenvalue weighted by Gasteiger charge is -2.27. The van der Waals surface area contributed by atoms with Crippen LogP contribution in [0.15, 0.2) is 12.1 Å². The summed E-state index contributed by atoms with van der Waals surface area (Å²) < 4.78 is 0. The number of hydrogen-bond donors (Lipinski definition) is 1. The summed E-state index contributed by atoms with van der Waals surface area (Å²) in [6.45, 7) is 10.5. The van der Waals surface area contributed by atoms with Gasteiger partial charge in [-0.2, -0.15) is 0 Å². The van der Waals surface area contributed by atoms with Crippen molar-refractivity contribution in [2.75, 3.05) is 13.1 Å². The molecule has 2 heteroatoms. The summed E-state index contributed by atoms with van der Waals surface area (Å²) in [6, 6.07) is 5.01. The first-order valence-electron chi connectivity index (χ1n) is 7.52. The third-order valence-corrected chi connectivity index (χ3v) is 4.45. The second-order valence-electron chi connectivity index (χ2n) is 6.03. The number of rotatable bonds is 4. The van der Waals surface area contributed by atoms with E-state index in [1.807, 2.05) is 0 Å². The minimum Gasteiger partial charge on any atom is -0.387 e. The first-order valence-corrected chi connectivity index (χ1v) is 7.52. The van der Waals surface area contributed by atoms with Crippen molar-refractivity contribution in [1.82, 2.24) is 4.90 Å². The first-order chi connectivity index (χ1) is 9.02. The average molecular weight is 261 g/mol. The third-order valence-electron chi connectivity index (χ3n) is 4.45. The van der Waals surface area contributed by atoms with Crippen molar-refractivity contribution in [3.63, 3.8) is 0 Å². The van der Waals surface area contributed by atoms with Crippen LogP contribution in [-0.4, -0.2) is 29.1 Å². The highest BCUT2D eigenvalue weighted by atomic mass is 16.3. The van der Waals surface area contributed by atoms with E-state index in [4.69, 9.17) is 0 Å². The van der Waals surface area contributed by atoms with Gasteiger partial charge in [-0.1, -0.05) is 24.6 Å². The van der Waals surface area contributed by atoms with Gasteiger partial charge in [0.1, 0.15) is 0 Å². The Morgan fingerprint density at radius 2 is 1.89 bits per heavy atom. The van der Waals surface area contributed by atoms with Gasteiger partial charge in [0, 0.05) is 12.6 Å². The molecule has 1 N–H and O–H groups in total. The Labute approximate surface area is 117 Å². The van der Waals surface area contributed by atoms with Gasteiger partial charge in [0.2, 0.25) is 0 Å². The number of likely N-dealkylation sites (tertiary alicyclic amines) is 1. The molecule has 0 aliphatic carbocycles. The van der Waals surface area contributed by atoms with Crippen molar-refractivity contribution in [2.24, 2.45) is 0 Å². The maximum absolute atomic E-state index is 10.6. The number of benzene rings is 1. The van der Waals surface area contributed by atoms with E-state index < -0.39 is 0 Å². The lowest BCUT2D eigenvalue weighted by Crippen LogP contribution is -2.33. The van der Waals surface area contributed by atoms with Gasteiger partial charge in [0.15, 0.2) is 0 Å². The van der Waals surface area contributed by atoms with Crippen molar-refractivity contribution >= 4 is 0 Å².